The summed E-state index contributed by atoms with van der Waals surface area (Å²) in [7, 11) is 1.43. The van der Waals surface area contributed by atoms with E-state index in [0.717, 1.165) is 0 Å². The van der Waals surface area contributed by atoms with Crippen molar-refractivity contribution in [2.24, 2.45) is 0 Å². The maximum absolute atomic E-state index is 12.1. The number of anilines is 2. The van der Waals surface area contributed by atoms with Crippen LogP contribution in [0.2, 0.25) is 5.02 Å². The van der Waals surface area contributed by atoms with Crippen molar-refractivity contribution in [2.75, 3.05) is 24.4 Å². The number of halogens is 1. The Hall–Kier alpha value is -2.65. The number of aromatic nitrogens is 3. The number of nitrogens with zero attached hydrogens (tertiary/aromatic N) is 3. The fourth-order valence-electron chi connectivity index (χ4n) is 2.06. The minimum atomic E-state index is -0.421. The first kappa shape index (κ1) is 18.7. The zero-order valence-corrected chi connectivity index (χ0v) is 14.6. The lowest BCUT2D eigenvalue weighted by atomic mass is 10.2. The van der Waals surface area contributed by atoms with E-state index in [-0.39, 0.29) is 18.6 Å². The molecule has 0 aliphatic heterocycles. The highest BCUT2D eigenvalue weighted by Gasteiger charge is 2.11. The van der Waals surface area contributed by atoms with Gasteiger partial charge in [0, 0.05) is 18.8 Å². The molecule has 0 spiro atoms. The van der Waals surface area contributed by atoms with E-state index in [0.29, 0.717) is 22.9 Å². The molecule has 0 aliphatic carbocycles. The number of methoxy groups -OCH3 is 1. The van der Waals surface area contributed by atoms with Crippen molar-refractivity contribution in [3.8, 4) is 0 Å². The van der Waals surface area contributed by atoms with Gasteiger partial charge in [-0.05, 0) is 25.1 Å². The van der Waals surface area contributed by atoms with Crippen molar-refractivity contribution in [1.82, 2.24) is 20.1 Å². The highest BCUT2D eigenvalue weighted by Crippen LogP contribution is 2.25. The molecule has 0 saturated heterocycles. The van der Waals surface area contributed by atoms with Gasteiger partial charge >= 0.3 is 6.03 Å². The average Bonchev–Trinajstić information content (AvgIpc) is 3.03. The Balaban J connectivity index is 1.93. The third-order valence-corrected chi connectivity index (χ3v) is 3.41. The smallest absolute Gasteiger partial charge is 0.319 e. The summed E-state index contributed by atoms with van der Waals surface area (Å²) >= 11 is 6.09. The van der Waals surface area contributed by atoms with Gasteiger partial charge in [0.1, 0.15) is 19.3 Å². The summed E-state index contributed by atoms with van der Waals surface area (Å²) in [5.74, 6) is -0.304. The molecule has 2 rings (SSSR count). The Kier molecular flexibility index (Phi) is 6.72. The number of hydrogen-bond acceptors (Lipinski definition) is 5. The van der Waals surface area contributed by atoms with Gasteiger partial charge < -0.3 is 20.7 Å². The van der Waals surface area contributed by atoms with Crippen LogP contribution in [0.25, 0.3) is 0 Å². The highest BCUT2D eigenvalue weighted by molar-refractivity contribution is 6.33. The number of amides is 3. The van der Waals surface area contributed by atoms with Crippen LogP contribution in [-0.4, -0.2) is 46.5 Å². The van der Waals surface area contributed by atoms with Crippen molar-refractivity contribution in [3.05, 3.63) is 35.9 Å². The molecule has 1 aromatic heterocycles. The first-order valence-electron chi connectivity index (χ1n) is 7.46. The Morgan fingerprint density at radius 3 is 2.84 bits per heavy atom. The molecule has 10 heteroatoms. The molecule has 9 nitrogen and oxygen atoms in total. The van der Waals surface area contributed by atoms with Crippen molar-refractivity contribution in [3.63, 3.8) is 0 Å². The normalized spacial score (nSPS) is 11.6. The number of urea groups is 1. The number of carbonyl (C=O) groups excluding carboxylic acids is 2. The number of nitrogens with one attached hydrogen (secondary N) is 3. The fraction of sp³-hybridized carbons (Fsp3) is 0.333. The van der Waals surface area contributed by atoms with Gasteiger partial charge in [0.15, 0.2) is 0 Å². The monoisotopic (exact) mass is 366 g/mol. The van der Waals surface area contributed by atoms with Crippen LogP contribution in [0.4, 0.5) is 16.2 Å². The van der Waals surface area contributed by atoms with Gasteiger partial charge in [0.05, 0.1) is 17.3 Å². The predicted octanol–water partition coefficient (Wildman–Crippen LogP) is 1.73. The van der Waals surface area contributed by atoms with E-state index in [1.807, 2.05) is 6.92 Å². The molecule has 3 N–H and O–H groups in total. The zero-order valence-electron chi connectivity index (χ0n) is 13.8. The maximum Gasteiger partial charge on any atom is 0.319 e. The van der Waals surface area contributed by atoms with Gasteiger partial charge in [-0.1, -0.05) is 11.6 Å². The van der Waals surface area contributed by atoms with Crippen molar-refractivity contribution < 1.29 is 14.3 Å². The molecule has 1 atom stereocenters. The molecule has 25 heavy (non-hydrogen) atoms. The highest BCUT2D eigenvalue weighted by atomic mass is 35.5. The summed E-state index contributed by atoms with van der Waals surface area (Å²) in [6, 6.07) is 4.18. The van der Waals surface area contributed by atoms with Crippen LogP contribution in [0.3, 0.4) is 0 Å². The topological polar surface area (TPSA) is 110 Å². The molecule has 134 valence electrons. The van der Waals surface area contributed by atoms with Gasteiger partial charge in [0.25, 0.3) is 0 Å². The van der Waals surface area contributed by atoms with Gasteiger partial charge in [-0.2, -0.15) is 5.10 Å². The first-order valence-corrected chi connectivity index (χ1v) is 7.84. The van der Waals surface area contributed by atoms with E-state index >= 15 is 0 Å². The third kappa shape index (κ3) is 6.05. The first-order chi connectivity index (χ1) is 12.0. The molecular formula is C15H19ClN6O3. The minimum Gasteiger partial charge on any atom is -0.375 e. The quantitative estimate of drug-likeness (QED) is 0.691. The van der Waals surface area contributed by atoms with Crippen molar-refractivity contribution in [2.45, 2.75) is 19.5 Å². The Labute approximate surface area is 149 Å². The predicted molar refractivity (Wildman–Crippen MR) is 93.6 cm³/mol. The Morgan fingerprint density at radius 1 is 1.36 bits per heavy atom. The van der Waals surface area contributed by atoms with E-state index in [2.05, 4.69) is 26.0 Å². The number of ether oxygens (including phenoxy) is 1. The molecule has 0 fully saturated rings. The number of carbonyl (C=O) groups is 2. The summed E-state index contributed by atoms with van der Waals surface area (Å²) in [5, 5.41) is 12.4. The molecule has 0 radical (unpaired) electrons. The number of hydrogen-bond donors (Lipinski definition) is 3. The van der Waals surface area contributed by atoms with Crippen LogP contribution in [0.5, 0.6) is 0 Å². The fourth-order valence-corrected chi connectivity index (χ4v) is 2.23. The average molecular weight is 367 g/mol. The van der Waals surface area contributed by atoms with E-state index < -0.39 is 6.03 Å². The molecule has 1 heterocycles. The molecular weight excluding hydrogens is 348 g/mol. The van der Waals surface area contributed by atoms with Crippen LogP contribution in [0, 0.1) is 0 Å². The molecule has 0 bridgehead atoms. The van der Waals surface area contributed by atoms with E-state index in [1.165, 1.54) is 13.4 Å². The molecule has 0 aliphatic rings. The second kappa shape index (κ2) is 9.00. The summed E-state index contributed by atoms with van der Waals surface area (Å²) in [5.41, 5.74) is 0.875. The van der Waals surface area contributed by atoms with Gasteiger partial charge in [0.2, 0.25) is 5.91 Å². The van der Waals surface area contributed by atoms with Crippen LogP contribution < -0.4 is 16.0 Å². The molecule has 3 amide bonds. The largest absolute Gasteiger partial charge is 0.375 e. The maximum atomic E-state index is 12.1. The van der Waals surface area contributed by atoms with Gasteiger partial charge in [-0.15, -0.1) is 0 Å². The lowest BCUT2D eigenvalue weighted by molar-refractivity contribution is -0.119. The SMILES string of the molecule is COCC(=O)Nc1ccc(Cl)c(NC(=O)N[C@H](C)Cn2cncn2)c1. The Morgan fingerprint density at radius 2 is 2.16 bits per heavy atom. The molecule has 0 saturated carbocycles. The summed E-state index contributed by atoms with van der Waals surface area (Å²) in [6.07, 6.45) is 3.00. The van der Waals surface area contributed by atoms with Crippen LogP contribution in [-0.2, 0) is 16.1 Å². The lowest BCUT2D eigenvalue weighted by Crippen LogP contribution is -2.38. The molecule has 2 aromatic rings. The minimum absolute atomic E-state index is 0.0638. The van der Waals surface area contributed by atoms with Gasteiger partial charge in [-0.25, -0.2) is 9.78 Å². The van der Waals surface area contributed by atoms with Crippen LogP contribution >= 0.6 is 11.6 Å². The lowest BCUT2D eigenvalue weighted by Gasteiger charge is -2.15. The third-order valence-electron chi connectivity index (χ3n) is 3.08. The van der Waals surface area contributed by atoms with Crippen molar-refractivity contribution >= 4 is 34.9 Å². The number of rotatable bonds is 7. The standard InChI is InChI=1S/C15H19ClN6O3/c1-10(6-22-9-17-8-18-22)19-15(24)21-13-5-11(3-4-12(13)16)20-14(23)7-25-2/h3-5,8-10H,6-7H2,1-2H3,(H,20,23)(H2,19,21,24)/t10-/m1/s1. The van der Waals surface area contributed by atoms with Crippen LogP contribution in [0.1, 0.15) is 6.92 Å². The van der Waals surface area contributed by atoms with E-state index in [1.54, 1.807) is 29.2 Å². The summed E-state index contributed by atoms with van der Waals surface area (Å²) in [4.78, 5) is 27.5. The number of benzene rings is 1. The van der Waals surface area contributed by atoms with E-state index in [4.69, 9.17) is 16.3 Å². The van der Waals surface area contributed by atoms with Crippen LogP contribution in [0.15, 0.2) is 30.9 Å². The second-order valence-corrected chi connectivity index (χ2v) is 5.70. The van der Waals surface area contributed by atoms with E-state index in [9.17, 15) is 9.59 Å². The van der Waals surface area contributed by atoms with Crippen molar-refractivity contribution in [1.29, 1.82) is 0 Å². The summed E-state index contributed by atoms with van der Waals surface area (Å²) < 4.78 is 6.37. The summed E-state index contributed by atoms with van der Waals surface area (Å²) in [6.45, 7) is 2.25. The van der Waals surface area contributed by atoms with Gasteiger partial charge in [-0.3, -0.25) is 9.48 Å². The Bertz CT molecular complexity index is 722. The zero-order chi connectivity index (χ0) is 18.2. The molecule has 0 unspecified atom stereocenters. The second-order valence-electron chi connectivity index (χ2n) is 5.29. The molecule has 1 aromatic carbocycles.